The molecule has 4 heterocycles. The van der Waals surface area contributed by atoms with E-state index >= 15 is 0 Å². The molecule has 0 spiro atoms. The van der Waals surface area contributed by atoms with Gasteiger partial charge in [0.15, 0.2) is 11.3 Å². The van der Waals surface area contributed by atoms with E-state index in [9.17, 15) is 18.0 Å². The van der Waals surface area contributed by atoms with E-state index in [0.29, 0.717) is 49.5 Å². The number of rotatable bonds is 5. The monoisotopic (exact) mass is 438 g/mol. The van der Waals surface area contributed by atoms with Gasteiger partial charge in [-0.3, -0.25) is 4.79 Å². The van der Waals surface area contributed by atoms with E-state index < -0.39 is 11.9 Å². The maximum Gasteiger partial charge on any atom is 0.433 e. The van der Waals surface area contributed by atoms with Crippen LogP contribution in [-0.4, -0.2) is 52.2 Å². The van der Waals surface area contributed by atoms with E-state index in [1.54, 1.807) is 35.6 Å². The quantitative estimate of drug-likeness (QED) is 0.599. The molecule has 30 heavy (non-hydrogen) atoms. The van der Waals surface area contributed by atoms with Gasteiger partial charge in [-0.2, -0.15) is 18.3 Å². The molecule has 1 aliphatic rings. The number of hydrogen-bond acceptors (Lipinski definition) is 5. The van der Waals surface area contributed by atoms with Crippen LogP contribution in [-0.2, 0) is 15.7 Å². The first-order valence-corrected chi connectivity index (χ1v) is 10.5. The summed E-state index contributed by atoms with van der Waals surface area (Å²) in [7, 11) is 1.55. The summed E-state index contributed by atoms with van der Waals surface area (Å²) in [4.78, 5) is 19.0. The Bertz CT molecular complexity index is 1020. The largest absolute Gasteiger partial charge is 0.433 e. The Kier molecular flexibility index (Phi) is 5.79. The van der Waals surface area contributed by atoms with Gasteiger partial charge < -0.3 is 9.64 Å². The minimum atomic E-state index is -4.55. The standard InChI is InChI=1S/C20H21F3N4O2S/c1-29-9-6-19(28)26-7-4-13(5-8-26)14-12-18-24-15(16-3-2-10-30-16)11-17(20(21,22)23)27(18)25-14/h2-3,10-13H,4-9H2,1H3. The number of carbonyl (C=O) groups is 1. The molecule has 1 amide bonds. The van der Waals surface area contributed by atoms with Crippen molar-refractivity contribution < 1.29 is 22.7 Å². The van der Waals surface area contributed by atoms with Gasteiger partial charge in [-0.15, -0.1) is 11.3 Å². The number of likely N-dealkylation sites (tertiary alicyclic amines) is 1. The molecule has 0 N–H and O–H groups in total. The third-order valence-electron chi connectivity index (χ3n) is 5.30. The van der Waals surface area contributed by atoms with E-state index in [2.05, 4.69) is 10.1 Å². The van der Waals surface area contributed by atoms with Crippen molar-refractivity contribution in [2.45, 2.75) is 31.4 Å². The average Bonchev–Trinajstić information content (AvgIpc) is 3.40. The van der Waals surface area contributed by atoms with E-state index in [1.165, 1.54) is 11.3 Å². The van der Waals surface area contributed by atoms with E-state index in [0.717, 1.165) is 10.6 Å². The van der Waals surface area contributed by atoms with Crippen molar-refractivity contribution >= 4 is 22.9 Å². The molecular weight excluding hydrogens is 417 g/mol. The molecule has 4 rings (SSSR count). The second-order valence-electron chi connectivity index (χ2n) is 7.24. The van der Waals surface area contributed by atoms with Gasteiger partial charge in [0.2, 0.25) is 5.91 Å². The van der Waals surface area contributed by atoms with Crippen LogP contribution in [0.5, 0.6) is 0 Å². The molecule has 1 saturated heterocycles. The molecule has 0 bridgehead atoms. The molecule has 6 nitrogen and oxygen atoms in total. The van der Waals surface area contributed by atoms with E-state index in [-0.39, 0.29) is 23.2 Å². The van der Waals surface area contributed by atoms with Crippen LogP contribution in [0.15, 0.2) is 29.6 Å². The smallest absolute Gasteiger partial charge is 0.384 e. The van der Waals surface area contributed by atoms with Crippen molar-refractivity contribution in [1.82, 2.24) is 19.5 Å². The second-order valence-corrected chi connectivity index (χ2v) is 8.19. The first-order valence-electron chi connectivity index (χ1n) is 9.65. The van der Waals surface area contributed by atoms with Gasteiger partial charge >= 0.3 is 6.18 Å². The van der Waals surface area contributed by atoms with Gasteiger partial charge in [0.1, 0.15) is 0 Å². The number of alkyl halides is 3. The SMILES string of the molecule is COCCC(=O)N1CCC(c2cc3nc(-c4cccs4)cc(C(F)(F)F)n3n2)CC1. The molecule has 1 aliphatic heterocycles. The molecule has 3 aromatic heterocycles. The highest BCUT2D eigenvalue weighted by atomic mass is 32.1. The molecule has 10 heteroatoms. The van der Waals surface area contributed by atoms with Gasteiger partial charge in [-0.05, 0) is 30.4 Å². The second kappa shape index (κ2) is 8.35. The third kappa shape index (κ3) is 4.20. The minimum Gasteiger partial charge on any atom is -0.384 e. The Morgan fingerprint density at radius 3 is 2.70 bits per heavy atom. The molecule has 160 valence electrons. The zero-order chi connectivity index (χ0) is 21.3. The number of piperidine rings is 1. The van der Waals surface area contributed by atoms with Crippen LogP contribution >= 0.6 is 11.3 Å². The molecule has 0 saturated carbocycles. The fourth-order valence-electron chi connectivity index (χ4n) is 3.72. The van der Waals surface area contributed by atoms with Crippen LogP contribution < -0.4 is 0 Å². The number of halogens is 3. The lowest BCUT2D eigenvalue weighted by atomic mass is 9.93. The Hall–Kier alpha value is -2.46. The number of nitrogens with zero attached hydrogens (tertiary/aromatic N) is 4. The molecule has 1 fully saturated rings. The predicted octanol–water partition coefficient (Wildman–Crippen LogP) is 4.22. The number of amides is 1. The lowest BCUT2D eigenvalue weighted by molar-refractivity contribution is -0.142. The summed E-state index contributed by atoms with van der Waals surface area (Å²) in [5, 5.41) is 6.06. The Balaban J connectivity index is 1.60. The topological polar surface area (TPSA) is 59.7 Å². The number of carbonyl (C=O) groups excluding carboxylic acids is 1. The van der Waals surface area contributed by atoms with E-state index in [4.69, 9.17) is 4.74 Å². The average molecular weight is 438 g/mol. The summed E-state index contributed by atoms with van der Waals surface area (Å²) in [6, 6.07) is 6.21. The fraction of sp³-hybridized carbons (Fsp3) is 0.450. The van der Waals surface area contributed by atoms with Crippen molar-refractivity contribution in [3.63, 3.8) is 0 Å². The first kappa shape index (κ1) is 20.8. The Labute approximate surface area is 175 Å². The Morgan fingerprint density at radius 2 is 2.07 bits per heavy atom. The van der Waals surface area contributed by atoms with Crippen LogP contribution in [0.4, 0.5) is 13.2 Å². The van der Waals surface area contributed by atoms with Gasteiger partial charge in [0.25, 0.3) is 0 Å². The molecule has 3 aromatic rings. The normalized spacial score (nSPS) is 15.8. The number of aromatic nitrogens is 3. The molecule has 0 unspecified atom stereocenters. The van der Waals surface area contributed by atoms with Crippen LogP contribution in [0.3, 0.4) is 0 Å². The molecule has 0 aromatic carbocycles. The summed E-state index contributed by atoms with van der Waals surface area (Å²) in [5.74, 6) is 0.0244. The highest BCUT2D eigenvalue weighted by Gasteiger charge is 2.36. The molecule has 0 atom stereocenters. The van der Waals surface area contributed by atoms with Crippen molar-refractivity contribution in [3.8, 4) is 10.6 Å². The van der Waals surface area contributed by atoms with Gasteiger partial charge in [-0.25, -0.2) is 9.50 Å². The van der Waals surface area contributed by atoms with Crippen LogP contribution in [0.1, 0.15) is 36.6 Å². The molecular formula is C20H21F3N4O2S. The number of ether oxygens (including phenoxy) is 1. The lowest BCUT2D eigenvalue weighted by Gasteiger charge is -2.31. The summed E-state index contributed by atoms with van der Waals surface area (Å²) < 4.78 is 46.9. The van der Waals surface area contributed by atoms with Gasteiger partial charge in [-0.1, -0.05) is 6.07 Å². The van der Waals surface area contributed by atoms with Crippen molar-refractivity contribution in [2.24, 2.45) is 0 Å². The zero-order valence-corrected chi connectivity index (χ0v) is 17.2. The summed E-state index contributed by atoms with van der Waals surface area (Å²) in [5.41, 5.74) is 0.214. The molecule has 0 radical (unpaired) electrons. The number of hydrogen-bond donors (Lipinski definition) is 0. The summed E-state index contributed by atoms with van der Waals surface area (Å²) in [6.45, 7) is 1.49. The highest BCUT2D eigenvalue weighted by molar-refractivity contribution is 7.13. The number of thiophene rings is 1. The zero-order valence-electron chi connectivity index (χ0n) is 16.4. The summed E-state index contributed by atoms with van der Waals surface area (Å²) in [6.07, 6.45) is -2.91. The maximum absolute atomic E-state index is 13.7. The third-order valence-corrected chi connectivity index (χ3v) is 6.19. The maximum atomic E-state index is 13.7. The minimum absolute atomic E-state index is 0.00977. The first-order chi connectivity index (χ1) is 14.4. The van der Waals surface area contributed by atoms with E-state index in [1.807, 2.05) is 0 Å². The molecule has 0 aliphatic carbocycles. The lowest BCUT2D eigenvalue weighted by Crippen LogP contribution is -2.38. The number of fused-ring (bicyclic) bond motifs is 1. The highest BCUT2D eigenvalue weighted by Crippen LogP contribution is 2.35. The van der Waals surface area contributed by atoms with Crippen LogP contribution in [0.25, 0.3) is 16.2 Å². The van der Waals surface area contributed by atoms with Gasteiger partial charge in [0.05, 0.1) is 29.3 Å². The number of methoxy groups -OCH3 is 1. The summed E-state index contributed by atoms with van der Waals surface area (Å²) >= 11 is 1.34. The Morgan fingerprint density at radius 1 is 1.30 bits per heavy atom. The van der Waals surface area contributed by atoms with Crippen molar-refractivity contribution in [2.75, 3.05) is 26.8 Å². The van der Waals surface area contributed by atoms with Gasteiger partial charge in [0, 0.05) is 32.2 Å². The van der Waals surface area contributed by atoms with Crippen molar-refractivity contribution in [1.29, 1.82) is 0 Å². The van der Waals surface area contributed by atoms with Crippen LogP contribution in [0, 0.1) is 0 Å². The fourth-order valence-corrected chi connectivity index (χ4v) is 4.40. The van der Waals surface area contributed by atoms with Crippen LogP contribution in [0.2, 0.25) is 0 Å². The predicted molar refractivity (Wildman–Crippen MR) is 106 cm³/mol. The van der Waals surface area contributed by atoms with Crippen molar-refractivity contribution in [3.05, 3.63) is 41.0 Å².